The minimum Gasteiger partial charge on any atom is -0.478 e. The summed E-state index contributed by atoms with van der Waals surface area (Å²) in [5, 5.41) is 7.60. The van der Waals surface area contributed by atoms with E-state index in [0.717, 1.165) is 6.08 Å². The predicted molar refractivity (Wildman–Crippen MR) is 66.1 cm³/mol. The van der Waals surface area contributed by atoms with Gasteiger partial charge in [0, 0.05) is 19.9 Å². The van der Waals surface area contributed by atoms with Crippen LogP contribution < -0.4 is 4.74 Å². The van der Waals surface area contributed by atoms with Crippen LogP contribution in [0.15, 0.2) is 43.0 Å². The third kappa shape index (κ3) is 8.96. The van der Waals surface area contributed by atoms with E-state index in [1.54, 1.807) is 19.1 Å². The number of rotatable bonds is 4. The Kier molecular flexibility index (Phi) is 7.68. The number of carboxylic acids is 1. The normalized spacial score (nSPS) is 10.3. The molecule has 1 atom stereocenters. The Morgan fingerprint density at radius 3 is 2.22 bits per heavy atom. The summed E-state index contributed by atoms with van der Waals surface area (Å²) in [6.45, 7) is 5.99. The van der Waals surface area contributed by atoms with Crippen LogP contribution in [0, 0.1) is 0 Å². The van der Waals surface area contributed by atoms with E-state index in [1.165, 1.54) is 6.92 Å². The largest absolute Gasteiger partial charge is 0.478 e. The maximum atomic E-state index is 10.5. The van der Waals surface area contributed by atoms with Crippen molar-refractivity contribution in [3.63, 3.8) is 0 Å². The third-order valence-electron chi connectivity index (χ3n) is 1.55. The molecule has 0 spiro atoms. The van der Waals surface area contributed by atoms with Crippen molar-refractivity contribution in [2.45, 2.75) is 20.1 Å². The third-order valence-corrected chi connectivity index (χ3v) is 1.55. The highest BCUT2D eigenvalue weighted by Crippen LogP contribution is 2.10. The lowest BCUT2D eigenvalue weighted by Crippen LogP contribution is -2.18. The van der Waals surface area contributed by atoms with Crippen molar-refractivity contribution in [1.29, 1.82) is 0 Å². The molecule has 1 aromatic rings. The van der Waals surface area contributed by atoms with Crippen LogP contribution in [0.1, 0.15) is 13.8 Å². The fourth-order valence-electron chi connectivity index (χ4n) is 0.948. The highest BCUT2D eigenvalue weighted by Gasteiger charge is 2.05. The number of benzene rings is 1. The number of aliphatic carboxylic acids is 1. The number of hydrogen-bond donors (Lipinski definition) is 1. The number of esters is 1. The summed E-state index contributed by atoms with van der Waals surface area (Å²) in [6, 6.07) is 9.22. The molecule has 5 nitrogen and oxygen atoms in total. The van der Waals surface area contributed by atoms with Crippen molar-refractivity contribution >= 4 is 11.9 Å². The number of para-hydroxylation sites is 1. The Bertz CT molecular complexity index is 386. The van der Waals surface area contributed by atoms with Crippen LogP contribution in [0.3, 0.4) is 0 Å². The molecule has 98 valence electrons. The molecule has 0 aliphatic rings. The zero-order valence-corrected chi connectivity index (χ0v) is 10.3. The maximum Gasteiger partial charge on any atom is 0.327 e. The molecule has 0 fully saturated rings. The van der Waals surface area contributed by atoms with Gasteiger partial charge in [0.25, 0.3) is 0 Å². The van der Waals surface area contributed by atoms with Gasteiger partial charge in [-0.05, 0) is 12.1 Å². The molecule has 0 amide bonds. The number of carboxylic acid groups (broad SMARTS) is 1. The molecule has 1 unspecified atom stereocenters. The first-order chi connectivity index (χ1) is 8.45. The summed E-state index contributed by atoms with van der Waals surface area (Å²) in [6.07, 6.45) is 0.292. The van der Waals surface area contributed by atoms with Gasteiger partial charge in [0.2, 0.25) is 6.29 Å². The minimum absolute atomic E-state index is 0.344. The van der Waals surface area contributed by atoms with E-state index >= 15 is 0 Å². The van der Waals surface area contributed by atoms with E-state index in [0.29, 0.717) is 5.75 Å². The van der Waals surface area contributed by atoms with E-state index in [4.69, 9.17) is 14.6 Å². The maximum absolute atomic E-state index is 10.5. The van der Waals surface area contributed by atoms with Gasteiger partial charge >= 0.3 is 11.9 Å². The SMILES string of the molecule is C=CC(=O)O.CC(=O)OC(C)Oc1ccccc1. The van der Waals surface area contributed by atoms with Gasteiger partial charge in [0.15, 0.2) is 0 Å². The smallest absolute Gasteiger partial charge is 0.327 e. The van der Waals surface area contributed by atoms with E-state index < -0.39 is 12.3 Å². The Balaban J connectivity index is 0.000000494. The molecule has 0 aliphatic carbocycles. The second-order valence-electron chi connectivity index (χ2n) is 3.15. The number of carbonyl (C=O) groups excluding carboxylic acids is 1. The second-order valence-corrected chi connectivity index (χ2v) is 3.15. The van der Waals surface area contributed by atoms with E-state index in [9.17, 15) is 9.59 Å². The van der Waals surface area contributed by atoms with Crippen LogP contribution in [0.5, 0.6) is 5.75 Å². The fraction of sp³-hybridized carbons (Fsp3) is 0.231. The summed E-state index contributed by atoms with van der Waals surface area (Å²) in [5.41, 5.74) is 0. The molecular weight excluding hydrogens is 236 g/mol. The zero-order chi connectivity index (χ0) is 14.0. The highest BCUT2D eigenvalue weighted by molar-refractivity contribution is 5.78. The van der Waals surface area contributed by atoms with Crippen LogP contribution in [0.25, 0.3) is 0 Å². The molecule has 1 N–H and O–H groups in total. The molecule has 1 rings (SSSR count). The van der Waals surface area contributed by atoms with Crippen molar-refractivity contribution in [2.75, 3.05) is 0 Å². The Labute approximate surface area is 106 Å². The quantitative estimate of drug-likeness (QED) is 0.505. The van der Waals surface area contributed by atoms with Gasteiger partial charge in [-0.25, -0.2) is 4.79 Å². The first-order valence-corrected chi connectivity index (χ1v) is 5.20. The van der Waals surface area contributed by atoms with Gasteiger partial charge in [0.05, 0.1) is 0 Å². The lowest BCUT2D eigenvalue weighted by molar-refractivity contribution is -0.158. The molecule has 0 saturated heterocycles. The number of hydrogen-bond acceptors (Lipinski definition) is 4. The monoisotopic (exact) mass is 252 g/mol. The van der Waals surface area contributed by atoms with Crippen LogP contribution >= 0.6 is 0 Å². The standard InChI is InChI=1S/C10H12O3.C3H4O2/c1-8(11)12-9(2)13-10-6-4-3-5-7-10;1-2-3(4)5/h3-7,9H,1-2H3;2H,1H2,(H,4,5). The van der Waals surface area contributed by atoms with Crippen molar-refractivity contribution in [2.24, 2.45) is 0 Å². The van der Waals surface area contributed by atoms with Crippen LogP contribution in [0.4, 0.5) is 0 Å². The van der Waals surface area contributed by atoms with E-state index in [-0.39, 0.29) is 5.97 Å². The van der Waals surface area contributed by atoms with E-state index in [1.807, 2.05) is 18.2 Å². The van der Waals surface area contributed by atoms with Crippen molar-refractivity contribution < 1.29 is 24.2 Å². The molecule has 0 saturated carbocycles. The molecular formula is C13H16O5. The topological polar surface area (TPSA) is 72.8 Å². The van der Waals surface area contributed by atoms with Gasteiger partial charge in [-0.3, -0.25) is 4.79 Å². The van der Waals surface area contributed by atoms with Crippen molar-refractivity contribution in [3.05, 3.63) is 43.0 Å². The first-order valence-electron chi connectivity index (χ1n) is 5.20. The minimum atomic E-state index is -0.981. The summed E-state index contributed by atoms with van der Waals surface area (Å²) in [5.74, 6) is -0.635. The van der Waals surface area contributed by atoms with Crippen LogP contribution in [0.2, 0.25) is 0 Å². The molecule has 1 aromatic carbocycles. The molecule has 0 aliphatic heterocycles. The molecule has 0 aromatic heterocycles. The second kappa shape index (κ2) is 8.81. The predicted octanol–water partition coefficient (Wildman–Crippen LogP) is 2.23. The summed E-state index contributed by atoms with van der Waals surface area (Å²) in [7, 11) is 0. The van der Waals surface area contributed by atoms with E-state index in [2.05, 4.69) is 6.58 Å². The van der Waals surface area contributed by atoms with Crippen molar-refractivity contribution in [3.8, 4) is 5.75 Å². The Hall–Kier alpha value is -2.30. The summed E-state index contributed by atoms with van der Waals surface area (Å²) >= 11 is 0. The first kappa shape index (κ1) is 15.7. The van der Waals surface area contributed by atoms with Gasteiger partial charge in [-0.2, -0.15) is 0 Å². The van der Waals surface area contributed by atoms with Crippen LogP contribution in [-0.2, 0) is 14.3 Å². The van der Waals surface area contributed by atoms with Gasteiger partial charge in [-0.15, -0.1) is 0 Å². The number of ether oxygens (including phenoxy) is 2. The lowest BCUT2D eigenvalue weighted by Gasteiger charge is -2.13. The molecule has 5 heteroatoms. The van der Waals surface area contributed by atoms with Gasteiger partial charge < -0.3 is 14.6 Å². The van der Waals surface area contributed by atoms with Crippen molar-refractivity contribution in [1.82, 2.24) is 0 Å². The Morgan fingerprint density at radius 1 is 1.33 bits per heavy atom. The zero-order valence-electron chi connectivity index (χ0n) is 10.3. The summed E-state index contributed by atoms with van der Waals surface area (Å²) < 4.78 is 10.1. The molecule has 0 bridgehead atoms. The average molecular weight is 252 g/mol. The summed E-state index contributed by atoms with van der Waals surface area (Å²) in [4.78, 5) is 19.8. The highest BCUT2D eigenvalue weighted by atomic mass is 16.7. The average Bonchev–Trinajstić information content (AvgIpc) is 2.29. The number of carbonyl (C=O) groups is 2. The lowest BCUT2D eigenvalue weighted by atomic mass is 10.3. The molecule has 18 heavy (non-hydrogen) atoms. The van der Waals surface area contributed by atoms with Gasteiger partial charge in [-0.1, -0.05) is 24.8 Å². The van der Waals surface area contributed by atoms with Crippen LogP contribution in [-0.4, -0.2) is 23.3 Å². The fourth-order valence-corrected chi connectivity index (χ4v) is 0.948. The Morgan fingerprint density at radius 2 is 1.83 bits per heavy atom. The van der Waals surface area contributed by atoms with Gasteiger partial charge in [0.1, 0.15) is 5.75 Å². The molecule has 0 heterocycles. The molecule has 0 radical (unpaired) electrons.